The normalized spacial score (nSPS) is 12.6. The largest absolute Gasteiger partial charge is 0.391 e. The van der Waals surface area contributed by atoms with Crippen molar-refractivity contribution in [2.75, 3.05) is 25.5 Å². The van der Waals surface area contributed by atoms with Gasteiger partial charge in [-0.2, -0.15) is 0 Å². The fourth-order valence-electron chi connectivity index (χ4n) is 3.42. The van der Waals surface area contributed by atoms with Crippen LogP contribution in [-0.4, -0.2) is 65.2 Å². The molecule has 34 heavy (non-hydrogen) atoms. The molecule has 9 nitrogen and oxygen atoms in total. The molecule has 2 aromatic rings. The van der Waals surface area contributed by atoms with Crippen LogP contribution in [0.2, 0.25) is 0 Å². The van der Waals surface area contributed by atoms with E-state index in [1.165, 1.54) is 12.4 Å². The molecule has 9 heteroatoms. The predicted octanol–water partition coefficient (Wildman–Crippen LogP) is 2.40. The first kappa shape index (κ1) is 27.0. The summed E-state index contributed by atoms with van der Waals surface area (Å²) in [4.78, 5) is 38.2. The van der Waals surface area contributed by atoms with Gasteiger partial charge >= 0.3 is 0 Å². The van der Waals surface area contributed by atoms with Gasteiger partial charge in [0, 0.05) is 11.3 Å². The summed E-state index contributed by atoms with van der Waals surface area (Å²) in [6.45, 7) is 4.71. The van der Waals surface area contributed by atoms with E-state index in [0.29, 0.717) is 17.8 Å². The van der Waals surface area contributed by atoms with Crippen LogP contribution in [0.25, 0.3) is 11.1 Å². The number of hydroxylamine groups is 1. The quantitative estimate of drug-likeness (QED) is 0.184. The summed E-state index contributed by atoms with van der Waals surface area (Å²) < 4.78 is 0. The van der Waals surface area contributed by atoms with Crippen LogP contribution < -0.4 is 16.1 Å². The van der Waals surface area contributed by atoms with Crippen molar-refractivity contribution in [3.05, 3.63) is 54.1 Å². The molecule has 3 amide bonds. The number of hydrogen-bond acceptors (Lipinski definition) is 6. The van der Waals surface area contributed by atoms with Crippen molar-refractivity contribution in [1.29, 1.82) is 0 Å². The minimum absolute atomic E-state index is 0.0625. The molecule has 0 saturated carbocycles. The minimum Gasteiger partial charge on any atom is -0.391 e. The summed E-state index contributed by atoms with van der Waals surface area (Å²) >= 11 is 0. The number of unbranched alkanes of at least 4 members (excludes halogenated alkanes) is 2. The lowest BCUT2D eigenvalue weighted by Gasteiger charge is -2.19. The molecule has 0 saturated heterocycles. The monoisotopic (exact) mass is 470 g/mol. The van der Waals surface area contributed by atoms with Gasteiger partial charge in [0.15, 0.2) is 0 Å². The van der Waals surface area contributed by atoms with Crippen LogP contribution in [-0.2, 0) is 9.59 Å². The zero-order chi connectivity index (χ0) is 25.1. The number of carbonyl (C=O) groups excluding carboxylic acids is 3. The standard InChI is InChI=1S/C25H34N4O5/c1-4-5-6-15-29(3)16-22(31)26-21-13-11-19(12-14-21)18-7-9-20(10-8-18)24(32)27-23(17(2)30)25(33)28-34/h7-14,17,23,30,34H,4-6,15-16H2,1-3H3,(H,26,31)(H,27,32)(H,28,33)/t17-,23+/m1/s1. The van der Waals surface area contributed by atoms with E-state index < -0.39 is 24.0 Å². The highest BCUT2D eigenvalue weighted by atomic mass is 16.5. The van der Waals surface area contributed by atoms with Gasteiger partial charge in [-0.3, -0.25) is 24.5 Å². The summed E-state index contributed by atoms with van der Waals surface area (Å²) in [5.41, 5.74) is 4.20. The van der Waals surface area contributed by atoms with Crippen molar-refractivity contribution < 1.29 is 24.7 Å². The Balaban J connectivity index is 1.95. The zero-order valence-electron chi connectivity index (χ0n) is 19.9. The Kier molecular flexibility index (Phi) is 10.7. The molecule has 2 atom stereocenters. The van der Waals surface area contributed by atoms with Crippen LogP contribution >= 0.6 is 0 Å². The summed E-state index contributed by atoms with van der Waals surface area (Å²) in [7, 11) is 1.94. The number of nitrogens with zero attached hydrogens (tertiary/aromatic N) is 1. The average Bonchev–Trinajstić information content (AvgIpc) is 2.82. The van der Waals surface area contributed by atoms with Crippen LogP contribution in [0.15, 0.2) is 48.5 Å². The summed E-state index contributed by atoms with van der Waals surface area (Å²) in [6, 6.07) is 12.9. The predicted molar refractivity (Wildman–Crippen MR) is 130 cm³/mol. The molecule has 0 aromatic heterocycles. The third-order valence-corrected chi connectivity index (χ3v) is 5.37. The SMILES string of the molecule is CCCCCN(C)CC(=O)Nc1ccc(-c2ccc(C(=O)N[C@H](C(=O)NO)[C@@H](C)O)cc2)cc1. The fraction of sp³-hybridized carbons (Fsp3) is 0.400. The number of nitrogens with one attached hydrogen (secondary N) is 3. The molecule has 2 rings (SSSR count). The second kappa shape index (κ2) is 13.4. The van der Waals surface area contributed by atoms with E-state index in [9.17, 15) is 19.5 Å². The number of anilines is 1. The van der Waals surface area contributed by atoms with Crippen molar-refractivity contribution >= 4 is 23.4 Å². The van der Waals surface area contributed by atoms with Crippen LogP contribution in [0.4, 0.5) is 5.69 Å². The Morgan fingerprint density at radius 3 is 2.09 bits per heavy atom. The maximum Gasteiger partial charge on any atom is 0.268 e. The minimum atomic E-state index is -1.28. The highest BCUT2D eigenvalue weighted by Crippen LogP contribution is 2.22. The van der Waals surface area contributed by atoms with Crippen molar-refractivity contribution in [1.82, 2.24) is 15.7 Å². The van der Waals surface area contributed by atoms with Gasteiger partial charge in [-0.1, -0.05) is 44.0 Å². The van der Waals surface area contributed by atoms with E-state index in [1.807, 2.05) is 36.2 Å². The number of carbonyl (C=O) groups is 3. The van der Waals surface area contributed by atoms with E-state index in [1.54, 1.807) is 24.3 Å². The van der Waals surface area contributed by atoms with Gasteiger partial charge in [0.2, 0.25) is 5.91 Å². The number of aliphatic hydroxyl groups excluding tert-OH is 1. The second-order valence-electron chi connectivity index (χ2n) is 8.32. The molecule has 0 bridgehead atoms. The zero-order valence-corrected chi connectivity index (χ0v) is 19.9. The molecule has 0 radical (unpaired) electrons. The average molecular weight is 471 g/mol. The van der Waals surface area contributed by atoms with E-state index in [0.717, 1.165) is 36.9 Å². The molecule has 0 fully saturated rings. The van der Waals surface area contributed by atoms with E-state index in [-0.39, 0.29) is 5.91 Å². The number of amides is 3. The van der Waals surface area contributed by atoms with Crippen molar-refractivity contribution in [2.24, 2.45) is 0 Å². The molecular weight excluding hydrogens is 436 g/mol. The van der Waals surface area contributed by atoms with E-state index in [4.69, 9.17) is 5.21 Å². The first-order valence-corrected chi connectivity index (χ1v) is 11.4. The number of hydrogen-bond donors (Lipinski definition) is 5. The topological polar surface area (TPSA) is 131 Å². The van der Waals surface area contributed by atoms with Gasteiger partial charge in [0.25, 0.3) is 11.8 Å². The van der Waals surface area contributed by atoms with Gasteiger partial charge in [-0.15, -0.1) is 0 Å². The lowest BCUT2D eigenvalue weighted by atomic mass is 10.0. The molecule has 0 aliphatic rings. The van der Waals surface area contributed by atoms with E-state index >= 15 is 0 Å². The summed E-state index contributed by atoms with van der Waals surface area (Å²) in [5.74, 6) is -1.53. The first-order chi connectivity index (χ1) is 16.2. The van der Waals surface area contributed by atoms with Gasteiger partial charge < -0.3 is 15.7 Å². The molecule has 0 aliphatic carbocycles. The van der Waals surface area contributed by atoms with Gasteiger partial charge in [0.1, 0.15) is 6.04 Å². The highest BCUT2D eigenvalue weighted by molar-refractivity contribution is 5.98. The first-order valence-electron chi connectivity index (χ1n) is 11.4. The Morgan fingerprint density at radius 1 is 0.971 bits per heavy atom. The van der Waals surface area contributed by atoms with Crippen molar-refractivity contribution in [3.8, 4) is 11.1 Å². The number of rotatable bonds is 12. The second-order valence-corrected chi connectivity index (χ2v) is 8.32. The number of likely N-dealkylation sites (N-methyl/N-ethyl adjacent to an activating group) is 1. The smallest absolute Gasteiger partial charge is 0.268 e. The molecule has 0 unspecified atom stereocenters. The maximum absolute atomic E-state index is 12.4. The lowest BCUT2D eigenvalue weighted by molar-refractivity contribution is -0.133. The number of benzene rings is 2. The fourth-order valence-corrected chi connectivity index (χ4v) is 3.42. The molecule has 0 spiro atoms. The van der Waals surface area contributed by atoms with E-state index in [2.05, 4.69) is 17.6 Å². The Morgan fingerprint density at radius 2 is 1.56 bits per heavy atom. The van der Waals surface area contributed by atoms with Gasteiger partial charge in [0.05, 0.1) is 12.6 Å². The summed E-state index contributed by atoms with van der Waals surface area (Å²) in [6.07, 6.45) is 2.20. The van der Waals surface area contributed by atoms with Gasteiger partial charge in [-0.05, 0) is 62.3 Å². The molecule has 2 aromatic carbocycles. The maximum atomic E-state index is 12.4. The Labute approximate surface area is 200 Å². The summed E-state index contributed by atoms with van der Waals surface area (Å²) in [5, 5.41) is 23.7. The van der Waals surface area contributed by atoms with Crippen LogP contribution in [0.3, 0.4) is 0 Å². The van der Waals surface area contributed by atoms with Crippen molar-refractivity contribution in [2.45, 2.75) is 45.3 Å². The lowest BCUT2D eigenvalue weighted by Crippen LogP contribution is -2.51. The van der Waals surface area contributed by atoms with Crippen LogP contribution in [0.1, 0.15) is 43.5 Å². The van der Waals surface area contributed by atoms with Crippen LogP contribution in [0, 0.1) is 0 Å². The number of aliphatic hydroxyl groups is 1. The molecule has 184 valence electrons. The molecule has 0 heterocycles. The van der Waals surface area contributed by atoms with Gasteiger partial charge in [-0.25, -0.2) is 5.48 Å². The third kappa shape index (κ3) is 8.26. The molecule has 5 N–H and O–H groups in total. The van der Waals surface area contributed by atoms with Crippen molar-refractivity contribution in [3.63, 3.8) is 0 Å². The van der Waals surface area contributed by atoms with Crippen LogP contribution in [0.5, 0.6) is 0 Å². The Bertz CT molecular complexity index is 945. The molecular formula is C25H34N4O5. The molecule has 0 aliphatic heterocycles. The Hall–Kier alpha value is -3.27. The third-order valence-electron chi connectivity index (χ3n) is 5.37. The highest BCUT2D eigenvalue weighted by Gasteiger charge is 2.25.